The molecule has 0 aliphatic heterocycles. The van der Waals surface area contributed by atoms with Gasteiger partial charge in [0.15, 0.2) is 0 Å². The van der Waals surface area contributed by atoms with Crippen LogP contribution in [0.2, 0.25) is 5.02 Å². The maximum Gasteiger partial charge on any atom is 0.255 e. The van der Waals surface area contributed by atoms with E-state index < -0.39 is 0 Å². The topological polar surface area (TPSA) is 89.2 Å². The molecule has 2 amide bonds. The van der Waals surface area contributed by atoms with E-state index in [2.05, 4.69) is 15.7 Å². The first kappa shape index (κ1) is 19.7. The number of rotatable bonds is 7. The molecule has 28 heavy (non-hydrogen) atoms. The largest absolute Gasteiger partial charge is 0.467 e. The first-order valence-electron chi connectivity index (χ1n) is 8.87. The highest BCUT2D eigenvalue weighted by Gasteiger charge is 2.21. The molecule has 2 N–H and O–H groups in total. The number of amides is 2. The Bertz CT molecular complexity index is 947. The van der Waals surface area contributed by atoms with Crippen LogP contribution in [-0.4, -0.2) is 28.1 Å². The number of halogens is 1. The standard InChI is InChI=1S/C20H21ClN4O3/c1-13(2)19-17(11-24-25(19)15-7-5-14(21)6-8-15)20(27)23-12-18(26)22-10-16-4-3-9-28-16/h3-9,11,13H,10,12H2,1-2H3,(H,22,26)(H,23,27). The molecule has 0 bridgehead atoms. The lowest BCUT2D eigenvalue weighted by Crippen LogP contribution is -2.36. The van der Waals surface area contributed by atoms with Crippen molar-refractivity contribution in [1.29, 1.82) is 0 Å². The molecule has 3 aromatic rings. The number of hydrogen-bond acceptors (Lipinski definition) is 4. The van der Waals surface area contributed by atoms with Crippen LogP contribution in [0.25, 0.3) is 5.69 Å². The van der Waals surface area contributed by atoms with Crippen molar-refractivity contribution in [2.75, 3.05) is 6.54 Å². The summed E-state index contributed by atoms with van der Waals surface area (Å²) < 4.78 is 6.87. The van der Waals surface area contributed by atoms with Gasteiger partial charge in [-0.2, -0.15) is 5.10 Å². The Morgan fingerprint density at radius 2 is 1.93 bits per heavy atom. The smallest absolute Gasteiger partial charge is 0.255 e. The van der Waals surface area contributed by atoms with Gasteiger partial charge < -0.3 is 15.1 Å². The summed E-state index contributed by atoms with van der Waals surface area (Å²) in [6.45, 7) is 4.10. The Hall–Kier alpha value is -3.06. The Labute approximate surface area is 167 Å². The number of furan rings is 1. The Kier molecular flexibility index (Phi) is 6.16. The van der Waals surface area contributed by atoms with Crippen molar-refractivity contribution in [3.05, 3.63) is 70.9 Å². The first-order chi connectivity index (χ1) is 13.5. The summed E-state index contributed by atoms with van der Waals surface area (Å²) in [6, 6.07) is 10.7. The average Bonchev–Trinajstić information content (AvgIpc) is 3.34. The van der Waals surface area contributed by atoms with Crippen molar-refractivity contribution in [1.82, 2.24) is 20.4 Å². The van der Waals surface area contributed by atoms with Crippen LogP contribution in [0.5, 0.6) is 0 Å². The summed E-state index contributed by atoms with van der Waals surface area (Å²) in [7, 11) is 0. The summed E-state index contributed by atoms with van der Waals surface area (Å²) >= 11 is 5.95. The van der Waals surface area contributed by atoms with Gasteiger partial charge in [-0.25, -0.2) is 4.68 Å². The lowest BCUT2D eigenvalue weighted by atomic mass is 10.1. The molecule has 0 saturated heterocycles. The van der Waals surface area contributed by atoms with Crippen LogP contribution in [0.4, 0.5) is 0 Å². The van der Waals surface area contributed by atoms with Gasteiger partial charge in [0.1, 0.15) is 5.76 Å². The minimum absolute atomic E-state index is 0.0479. The van der Waals surface area contributed by atoms with Crippen LogP contribution in [-0.2, 0) is 11.3 Å². The van der Waals surface area contributed by atoms with E-state index in [0.717, 1.165) is 11.4 Å². The maximum absolute atomic E-state index is 12.6. The lowest BCUT2D eigenvalue weighted by Gasteiger charge is -2.13. The van der Waals surface area contributed by atoms with Gasteiger partial charge in [0.2, 0.25) is 5.91 Å². The van der Waals surface area contributed by atoms with Crippen molar-refractivity contribution in [3.8, 4) is 5.69 Å². The second-order valence-electron chi connectivity index (χ2n) is 6.53. The molecule has 2 heterocycles. The third-order valence-electron chi connectivity index (χ3n) is 4.12. The number of nitrogens with zero attached hydrogens (tertiary/aromatic N) is 2. The maximum atomic E-state index is 12.6. The van der Waals surface area contributed by atoms with Gasteiger partial charge >= 0.3 is 0 Å². The van der Waals surface area contributed by atoms with Crippen molar-refractivity contribution >= 4 is 23.4 Å². The van der Waals surface area contributed by atoms with Crippen LogP contribution in [0.3, 0.4) is 0 Å². The molecule has 1 aromatic carbocycles. The summed E-state index contributed by atoms with van der Waals surface area (Å²) in [6.07, 6.45) is 3.05. The van der Waals surface area contributed by atoms with Crippen molar-refractivity contribution in [2.45, 2.75) is 26.3 Å². The van der Waals surface area contributed by atoms with Crippen molar-refractivity contribution < 1.29 is 14.0 Å². The third-order valence-corrected chi connectivity index (χ3v) is 4.37. The summed E-state index contributed by atoms with van der Waals surface area (Å²) in [4.78, 5) is 24.6. The van der Waals surface area contributed by atoms with Crippen molar-refractivity contribution in [3.63, 3.8) is 0 Å². The third kappa shape index (κ3) is 4.61. The molecule has 0 atom stereocenters. The second kappa shape index (κ2) is 8.75. The van der Waals surface area contributed by atoms with Crippen LogP contribution < -0.4 is 10.6 Å². The molecule has 0 radical (unpaired) electrons. The zero-order valence-corrected chi connectivity index (χ0v) is 16.4. The number of carbonyl (C=O) groups is 2. The molecule has 8 heteroatoms. The molecule has 0 saturated carbocycles. The SMILES string of the molecule is CC(C)c1c(C(=O)NCC(=O)NCc2ccco2)cnn1-c1ccc(Cl)cc1. The van der Waals surface area contributed by atoms with Gasteiger partial charge in [-0.3, -0.25) is 9.59 Å². The van der Waals surface area contributed by atoms with Gasteiger partial charge in [-0.1, -0.05) is 25.4 Å². The first-order valence-corrected chi connectivity index (χ1v) is 9.24. The number of carbonyl (C=O) groups excluding carboxylic acids is 2. The number of nitrogens with one attached hydrogen (secondary N) is 2. The lowest BCUT2D eigenvalue weighted by molar-refractivity contribution is -0.120. The molecular weight excluding hydrogens is 380 g/mol. The van der Waals surface area contributed by atoms with Crippen LogP contribution in [0, 0.1) is 0 Å². The predicted octanol–water partition coefficient (Wildman–Crippen LogP) is 3.29. The minimum atomic E-state index is -0.350. The molecule has 0 fully saturated rings. The van der Waals surface area contributed by atoms with E-state index in [9.17, 15) is 9.59 Å². The molecular formula is C20H21ClN4O3. The van der Waals surface area contributed by atoms with Crippen LogP contribution >= 0.6 is 11.6 Å². The Morgan fingerprint density at radius 3 is 2.57 bits per heavy atom. The molecule has 0 spiro atoms. The van der Waals surface area contributed by atoms with E-state index in [1.54, 1.807) is 28.9 Å². The Balaban J connectivity index is 1.67. The summed E-state index contributed by atoms with van der Waals surface area (Å²) in [5, 5.41) is 10.3. The highest BCUT2D eigenvalue weighted by Crippen LogP contribution is 2.23. The number of hydrogen-bond donors (Lipinski definition) is 2. The molecule has 3 rings (SSSR count). The zero-order chi connectivity index (χ0) is 20.1. The van der Waals surface area contributed by atoms with Crippen LogP contribution in [0.15, 0.2) is 53.3 Å². The van der Waals surface area contributed by atoms with Gasteiger partial charge in [-0.05, 0) is 42.3 Å². The molecule has 0 unspecified atom stereocenters. The average molecular weight is 401 g/mol. The van der Waals surface area contributed by atoms with E-state index in [-0.39, 0.29) is 30.8 Å². The highest BCUT2D eigenvalue weighted by atomic mass is 35.5. The molecule has 146 valence electrons. The van der Waals surface area contributed by atoms with E-state index in [0.29, 0.717) is 16.3 Å². The van der Waals surface area contributed by atoms with Crippen LogP contribution in [0.1, 0.15) is 41.6 Å². The minimum Gasteiger partial charge on any atom is -0.467 e. The zero-order valence-electron chi connectivity index (χ0n) is 15.6. The van der Waals surface area contributed by atoms with Gasteiger partial charge in [0, 0.05) is 5.02 Å². The predicted molar refractivity (Wildman–Crippen MR) is 106 cm³/mol. The molecule has 2 aromatic heterocycles. The van der Waals surface area contributed by atoms with E-state index >= 15 is 0 Å². The monoisotopic (exact) mass is 400 g/mol. The van der Waals surface area contributed by atoms with Gasteiger partial charge in [0.05, 0.1) is 42.5 Å². The number of aromatic nitrogens is 2. The fraction of sp³-hybridized carbons (Fsp3) is 0.250. The van der Waals surface area contributed by atoms with Gasteiger partial charge in [-0.15, -0.1) is 0 Å². The van der Waals surface area contributed by atoms with Gasteiger partial charge in [0.25, 0.3) is 5.91 Å². The molecule has 0 aliphatic carbocycles. The second-order valence-corrected chi connectivity index (χ2v) is 6.96. The fourth-order valence-electron chi connectivity index (χ4n) is 2.79. The quantitative estimate of drug-likeness (QED) is 0.636. The Morgan fingerprint density at radius 1 is 1.18 bits per heavy atom. The summed E-state index contributed by atoms with van der Waals surface area (Å²) in [5.41, 5.74) is 2.00. The fourth-order valence-corrected chi connectivity index (χ4v) is 2.92. The summed E-state index contributed by atoms with van der Waals surface area (Å²) in [5.74, 6) is 0.0377. The molecule has 0 aliphatic rings. The van der Waals surface area contributed by atoms with E-state index in [4.69, 9.17) is 16.0 Å². The molecule has 7 nitrogen and oxygen atoms in total. The normalized spacial score (nSPS) is 10.9. The van der Waals surface area contributed by atoms with E-state index in [1.165, 1.54) is 12.5 Å². The highest BCUT2D eigenvalue weighted by molar-refractivity contribution is 6.30. The van der Waals surface area contributed by atoms with Crippen molar-refractivity contribution in [2.24, 2.45) is 0 Å². The van der Waals surface area contributed by atoms with E-state index in [1.807, 2.05) is 26.0 Å². The number of benzene rings is 1.